The first kappa shape index (κ1) is 17.5. The molecule has 1 N–H and O–H groups in total. The second-order valence-corrected chi connectivity index (χ2v) is 6.66. The largest absolute Gasteiger partial charge is 0.356 e. The third kappa shape index (κ3) is 6.87. The second-order valence-electron chi connectivity index (χ2n) is 5.49. The molecular formula is C19H22FNOS. The van der Waals surface area contributed by atoms with E-state index in [1.165, 1.54) is 23.3 Å². The molecule has 122 valence electrons. The average molecular weight is 331 g/mol. The zero-order chi connectivity index (χ0) is 16.5. The number of hydrogen-bond acceptors (Lipinski definition) is 2. The van der Waals surface area contributed by atoms with Crippen molar-refractivity contribution in [3.8, 4) is 0 Å². The highest BCUT2D eigenvalue weighted by atomic mass is 32.2. The molecule has 0 aromatic heterocycles. The van der Waals surface area contributed by atoms with Gasteiger partial charge in [0.2, 0.25) is 5.91 Å². The molecule has 0 heterocycles. The van der Waals surface area contributed by atoms with Crippen molar-refractivity contribution in [1.29, 1.82) is 0 Å². The summed E-state index contributed by atoms with van der Waals surface area (Å²) in [4.78, 5) is 12.8. The highest BCUT2D eigenvalue weighted by Gasteiger charge is 2.02. The minimum atomic E-state index is -0.213. The van der Waals surface area contributed by atoms with Crippen LogP contribution in [0.25, 0.3) is 0 Å². The summed E-state index contributed by atoms with van der Waals surface area (Å²) in [6.07, 6.45) is 2.20. The lowest BCUT2D eigenvalue weighted by Gasteiger charge is -2.06. The van der Waals surface area contributed by atoms with E-state index in [0.29, 0.717) is 13.0 Å². The number of halogens is 1. The Balaban J connectivity index is 1.56. The van der Waals surface area contributed by atoms with Gasteiger partial charge in [0, 0.05) is 17.9 Å². The van der Waals surface area contributed by atoms with Crippen molar-refractivity contribution in [3.63, 3.8) is 0 Å². The van der Waals surface area contributed by atoms with Gasteiger partial charge in [0.15, 0.2) is 0 Å². The van der Waals surface area contributed by atoms with Crippen LogP contribution in [0.1, 0.15) is 24.0 Å². The fourth-order valence-corrected chi connectivity index (χ4v) is 2.97. The molecular weight excluding hydrogens is 309 g/mol. The fourth-order valence-electron chi connectivity index (χ4n) is 2.12. The minimum absolute atomic E-state index is 0.0948. The van der Waals surface area contributed by atoms with Crippen LogP contribution < -0.4 is 5.32 Å². The Labute approximate surface area is 141 Å². The van der Waals surface area contributed by atoms with Gasteiger partial charge in [-0.2, -0.15) is 0 Å². The van der Waals surface area contributed by atoms with E-state index in [-0.39, 0.29) is 11.7 Å². The molecule has 0 atom stereocenters. The lowest BCUT2D eigenvalue weighted by molar-refractivity contribution is -0.121. The lowest BCUT2D eigenvalue weighted by Crippen LogP contribution is -2.24. The van der Waals surface area contributed by atoms with E-state index < -0.39 is 0 Å². The number of thioether (sulfide) groups is 1. The number of amides is 1. The smallest absolute Gasteiger partial charge is 0.220 e. The number of aryl methyl sites for hydroxylation is 2. The van der Waals surface area contributed by atoms with Gasteiger partial charge in [-0.3, -0.25) is 4.79 Å². The highest BCUT2D eigenvalue weighted by Crippen LogP contribution is 2.18. The third-order valence-electron chi connectivity index (χ3n) is 3.49. The summed E-state index contributed by atoms with van der Waals surface area (Å²) >= 11 is 1.67. The van der Waals surface area contributed by atoms with Gasteiger partial charge in [-0.05, 0) is 55.3 Å². The summed E-state index contributed by atoms with van der Waals surface area (Å²) < 4.78 is 12.8. The van der Waals surface area contributed by atoms with E-state index in [0.717, 1.165) is 23.5 Å². The standard InChI is InChI=1S/C19H22FNOS/c1-15-3-5-16(6-4-15)7-12-19(22)21-13-2-14-23-18-10-8-17(20)9-11-18/h3-6,8-11H,2,7,12-14H2,1H3,(H,21,22). The first-order valence-corrected chi connectivity index (χ1v) is 8.82. The van der Waals surface area contributed by atoms with E-state index in [4.69, 9.17) is 0 Å². The molecule has 0 aliphatic carbocycles. The molecule has 0 aliphatic rings. The van der Waals surface area contributed by atoms with Gasteiger partial charge >= 0.3 is 0 Å². The van der Waals surface area contributed by atoms with E-state index >= 15 is 0 Å². The zero-order valence-electron chi connectivity index (χ0n) is 13.3. The molecule has 0 fully saturated rings. The topological polar surface area (TPSA) is 29.1 Å². The van der Waals surface area contributed by atoms with E-state index in [9.17, 15) is 9.18 Å². The van der Waals surface area contributed by atoms with E-state index in [2.05, 4.69) is 36.5 Å². The second kappa shape index (κ2) is 9.36. The van der Waals surface area contributed by atoms with Crippen molar-refractivity contribution < 1.29 is 9.18 Å². The van der Waals surface area contributed by atoms with Gasteiger partial charge in [0.1, 0.15) is 5.82 Å². The summed E-state index contributed by atoms with van der Waals surface area (Å²) in [7, 11) is 0. The summed E-state index contributed by atoms with van der Waals surface area (Å²) in [5.74, 6) is 0.789. The van der Waals surface area contributed by atoms with Crippen molar-refractivity contribution in [3.05, 3.63) is 65.5 Å². The fraction of sp³-hybridized carbons (Fsp3) is 0.316. The first-order valence-electron chi connectivity index (χ1n) is 7.84. The van der Waals surface area contributed by atoms with Crippen molar-refractivity contribution >= 4 is 17.7 Å². The number of nitrogens with one attached hydrogen (secondary N) is 1. The summed E-state index contributed by atoms with van der Waals surface area (Å²) in [5, 5.41) is 2.95. The molecule has 0 aliphatic heterocycles. The highest BCUT2D eigenvalue weighted by molar-refractivity contribution is 7.99. The molecule has 23 heavy (non-hydrogen) atoms. The van der Waals surface area contributed by atoms with Gasteiger partial charge < -0.3 is 5.32 Å². The maximum atomic E-state index is 12.8. The van der Waals surface area contributed by atoms with Crippen molar-refractivity contribution in [2.75, 3.05) is 12.3 Å². The van der Waals surface area contributed by atoms with Crippen LogP contribution in [0.3, 0.4) is 0 Å². The van der Waals surface area contributed by atoms with Gasteiger partial charge in [-0.15, -0.1) is 11.8 Å². The maximum Gasteiger partial charge on any atom is 0.220 e. The monoisotopic (exact) mass is 331 g/mol. The Morgan fingerprint density at radius 3 is 2.48 bits per heavy atom. The Bertz CT molecular complexity index is 610. The van der Waals surface area contributed by atoms with Crippen LogP contribution in [0.4, 0.5) is 4.39 Å². The van der Waals surface area contributed by atoms with Crippen LogP contribution in [0.15, 0.2) is 53.4 Å². The van der Waals surface area contributed by atoms with Crippen molar-refractivity contribution in [2.45, 2.75) is 31.1 Å². The third-order valence-corrected chi connectivity index (χ3v) is 4.59. The molecule has 0 spiro atoms. The van der Waals surface area contributed by atoms with E-state index in [1.54, 1.807) is 23.9 Å². The Kier molecular flexibility index (Phi) is 7.14. The number of benzene rings is 2. The number of rotatable bonds is 8. The average Bonchev–Trinajstić information content (AvgIpc) is 2.56. The van der Waals surface area contributed by atoms with Gasteiger partial charge in [0.05, 0.1) is 0 Å². The van der Waals surface area contributed by atoms with Gasteiger partial charge in [0.25, 0.3) is 0 Å². The van der Waals surface area contributed by atoms with Crippen LogP contribution in [0, 0.1) is 12.7 Å². The van der Waals surface area contributed by atoms with Crippen LogP contribution in [0.2, 0.25) is 0 Å². The SMILES string of the molecule is Cc1ccc(CCC(=O)NCCCSc2ccc(F)cc2)cc1. The molecule has 2 rings (SSSR count). The summed E-state index contributed by atoms with van der Waals surface area (Å²) in [6.45, 7) is 2.74. The van der Waals surface area contributed by atoms with Gasteiger partial charge in [-0.1, -0.05) is 29.8 Å². The predicted octanol–water partition coefficient (Wildman–Crippen LogP) is 4.37. The summed E-state index contributed by atoms with van der Waals surface area (Å²) in [6, 6.07) is 14.8. The van der Waals surface area contributed by atoms with Crippen LogP contribution in [-0.4, -0.2) is 18.2 Å². The number of carbonyl (C=O) groups excluding carboxylic acids is 1. The lowest BCUT2D eigenvalue weighted by atomic mass is 10.1. The molecule has 0 unspecified atom stereocenters. The first-order chi connectivity index (χ1) is 11.1. The van der Waals surface area contributed by atoms with Crippen LogP contribution in [-0.2, 0) is 11.2 Å². The predicted molar refractivity (Wildman–Crippen MR) is 94.3 cm³/mol. The summed E-state index contributed by atoms with van der Waals surface area (Å²) in [5.41, 5.74) is 2.43. The van der Waals surface area contributed by atoms with Crippen molar-refractivity contribution in [1.82, 2.24) is 5.32 Å². The maximum absolute atomic E-state index is 12.8. The molecule has 0 saturated carbocycles. The van der Waals surface area contributed by atoms with E-state index in [1.807, 2.05) is 0 Å². The molecule has 0 bridgehead atoms. The Hall–Kier alpha value is -1.81. The molecule has 2 aromatic carbocycles. The molecule has 2 aromatic rings. The molecule has 4 heteroatoms. The quantitative estimate of drug-likeness (QED) is 0.575. The van der Waals surface area contributed by atoms with Crippen LogP contribution in [0.5, 0.6) is 0 Å². The zero-order valence-corrected chi connectivity index (χ0v) is 14.2. The normalized spacial score (nSPS) is 10.5. The number of hydrogen-bond donors (Lipinski definition) is 1. The molecule has 1 amide bonds. The Morgan fingerprint density at radius 2 is 1.78 bits per heavy atom. The van der Waals surface area contributed by atoms with Gasteiger partial charge in [-0.25, -0.2) is 4.39 Å². The molecule has 0 saturated heterocycles. The number of carbonyl (C=O) groups is 1. The Morgan fingerprint density at radius 1 is 1.09 bits per heavy atom. The van der Waals surface area contributed by atoms with Crippen molar-refractivity contribution in [2.24, 2.45) is 0 Å². The minimum Gasteiger partial charge on any atom is -0.356 e. The molecule has 2 nitrogen and oxygen atoms in total. The molecule has 0 radical (unpaired) electrons. The van der Waals surface area contributed by atoms with Crippen LogP contribution >= 0.6 is 11.8 Å².